The monoisotopic (exact) mass is 201 g/mol. The van der Waals surface area contributed by atoms with Crippen LogP contribution in [0.2, 0.25) is 0 Å². The molecule has 0 atom stereocenters. The lowest BCUT2D eigenvalue weighted by Crippen LogP contribution is -1.96. The Morgan fingerprint density at radius 3 is 2.53 bits per heavy atom. The van der Waals surface area contributed by atoms with Crippen LogP contribution in [-0.2, 0) is 0 Å². The summed E-state index contributed by atoms with van der Waals surface area (Å²) in [4.78, 5) is 11.3. The van der Waals surface area contributed by atoms with Gasteiger partial charge in [-0.2, -0.15) is 0 Å². The second kappa shape index (κ2) is 6.00. The Hall–Kier alpha value is -1.59. The molecule has 0 bridgehead atoms. The van der Waals surface area contributed by atoms with Gasteiger partial charge in [0.05, 0.1) is 0 Å². The molecule has 0 aromatic heterocycles. The minimum absolute atomic E-state index is 0.163. The summed E-state index contributed by atoms with van der Waals surface area (Å²) in [6, 6.07) is 7.37. The molecule has 0 spiro atoms. The van der Waals surface area contributed by atoms with Gasteiger partial charge in [-0.15, -0.1) is 0 Å². The third-order valence-electron chi connectivity index (χ3n) is 2.03. The van der Waals surface area contributed by atoms with Crippen molar-refractivity contribution in [3.05, 3.63) is 35.4 Å². The first kappa shape index (κ1) is 11.5. The van der Waals surface area contributed by atoms with E-state index in [-0.39, 0.29) is 5.78 Å². The lowest BCUT2D eigenvalue weighted by molar-refractivity contribution is 0.0988. The van der Waals surface area contributed by atoms with Gasteiger partial charge in [-0.1, -0.05) is 30.9 Å². The summed E-state index contributed by atoms with van der Waals surface area (Å²) in [6.07, 6.45) is 1.24. The molecule has 0 aliphatic rings. The second-order valence-electron chi connectivity index (χ2n) is 3.19. The number of ketones is 1. The van der Waals surface area contributed by atoms with Crippen LogP contribution in [0.4, 0.5) is 0 Å². The summed E-state index contributed by atoms with van der Waals surface area (Å²) in [6.45, 7) is 2.44. The van der Waals surface area contributed by atoms with E-state index in [9.17, 15) is 4.79 Å². The van der Waals surface area contributed by atoms with Crippen molar-refractivity contribution in [2.75, 3.05) is 6.54 Å². The van der Waals surface area contributed by atoms with Crippen molar-refractivity contribution in [2.24, 2.45) is 5.73 Å². The maximum atomic E-state index is 11.3. The molecular weight excluding hydrogens is 186 g/mol. The van der Waals surface area contributed by atoms with Crippen molar-refractivity contribution in [3.63, 3.8) is 0 Å². The van der Waals surface area contributed by atoms with Gasteiger partial charge in [-0.05, 0) is 12.1 Å². The van der Waals surface area contributed by atoms with Gasteiger partial charge in [-0.25, -0.2) is 0 Å². The Balaban J connectivity index is 2.73. The van der Waals surface area contributed by atoms with E-state index in [4.69, 9.17) is 5.73 Å². The van der Waals surface area contributed by atoms with Crippen LogP contribution in [0.5, 0.6) is 0 Å². The molecule has 2 heteroatoms. The first-order valence-electron chi connectivity index (χ1n) is 5.10. The van der Waals surface area contributed by atoms with Gasteiger partial charge >= 0.3 is 0 Å². The third-order valence-corrected chi connectivity index (χ3v) is 2.03. The lowest BCUT2D eigenvalue weighted by Gasteiger charge is -1.96. The Bertz CT molecular complexity index is 381. The van der Waals surface area contributed by atoms with E-state index in [1.807, 2.05) is 31.2 Å². The number of benzene rings is 1. The Labute approximate surface area is 90.5 Å². The van der Waals surface area contributed by atoms with Crippen LogP contribution in [-0.4, -0.2) is 12.3 Å². The average molecular weight is 201 g/mol. The number of carbonyl (C=O) groups is 1. The number of rotatable bonds is 3. The second-order valence-corrected chi connectivity index (χ2v) is 3.19. The molecule has 1 rings (SSSR count). The van der Waals surface area contributed by atoms with Crippen molar-refractivity contribution < 1.29 is 4.79 Å². The molecule has 1 aromatic carbocycles. The van der Waals surface area contributed by atoms with Gasteiger partial charge in [0, 0.05) is 30.5 Å². The molecule has 0 unspecified atom stereocenters. The first-order valence-corrected chi connectivity index (χ1v) is 5.10. The zero-order chi connectivity index (χ0) is 11.1. The smallest absolute Gasteiger partial charge is 0.162 e. The Morgan fingerprint density at radius 1 is 1.33 bits per heavy atom. The summed E-state index contributed by atoms with van der Waals surface area (Å²) in [7, 11) is 0. The molecule has 78 valence electrons. The van der Waals surface area contributed by atoms with Gasteiger partial charge in [0.2, 0.25) is 0 Å². The fourth-order valence-corrected chi connectivity index (χ4v) is 1.18. The molecular formula is C13H15NO. The summed E-state index contributed by atoms with van der Waals surface area (Å²) in [5.41, 5.74) is 7.01. The molecule has 0 saturated carbocycles. The van der Waals surface area contributed by atoms with Crippen molar-refractivity contribution in [1.29, 1.82) is 0 Å². The molecule has 0 fully saturated rings. The summed E-state index contributed by atoms with van der Waals surface area (Å²) in [5.74, 6) is 6.11. The molecule has 0 aliphatic carbocycles. The van der Waals surface area contributed by atoms with Crippen molar-refractivity contribution in [3.8, 4) is 11.8 Å². The topological polar surface area (TPSA) is 43.1 Å². The van der Waals surface area contributed by atoms with Crippen LogP contribution in [0.25, 0.3) is 0 Å². The zero-order valence-corrected chi connectivity index (χ0v) is 8.92. The molecule has 2 nitrogen and oxygen atoms in total. The standard InChI is InChI=1S/C13H15NO/c1-2-13(15)12-8-6-11(7-9-12)5-3-4-10-14/h6-9H,2,4,10,14H2,1H3. The summed E-state index contributed by atoms with van der Waals surface area (Å²) >= 11 is 0. The van der Waals surface area contributed by atoms with Crippen molar-refractivity contribution in [2.45, 2.75) is 19.8 Å². The normalized spacial score (nSPS) is 9.20. The summed E-state index contributed by atoms with van der Waals surface area (Å²) < 4.78 is 0. The first-order chi connectivity index (χ1) is 7.27. The number of Topliss-reactive ketones (excluding diaryl/α,β-unsaturated/α-hetero) is 1. The quantitative estimate of drug-likeness (QED) is 0.600. The molecule has 0 saturated heterocycles. The fourth-order valence-electron chi connectivity index (χ4n) is 1.18. The average Bonchev–Trinajstić information content (AvgIpc) is 2.29. The number of hydrogen-bond acceptors (Lipinski definition) is 2. The summed E-state index contributed by atoms with van der Waals surface area (Å²) in [5, 5.41) is 0. The van der Waals surface area contributed by atoms with Crippen molar-refractivity contribution >= 4 is 5.78 Å². The van der Waals surface area contributed by atoms with E-state index in [1.54, 1.807) is 0 Å². The van der Waals surface area contributed by atoms with Crippen molar-refractivity contribution in [1.82, 2.24) is 0 Å². The highest BCUT2D eigenvalue weighted by atomic mass is 16.1. The predicted molar refractivity (Wildman–Crippen MR) is 61.6 cm³/mol. The third kappa shape index (κ3) is 3.57. The van der Waals surface area contributed by atoms with Gasteiger partial charge < -0.3 is 5.73 Å². The highest BCUT2D eigenvalue weighted by Crippen LogP contribution is 2.05. The SMILES string of the molecule is CCC(=O)c1ccc(C#CCCN)cc1. The van der Waals surface area contributed by atoms with Gasteiger partial charge in [0.15, 0.2) is 5.78 Å². The molecule has 0 heterocycles. The minimum atomic E-state index is 0.163. The van der Waals surface area contributed by atoms with E-state index in [0.717, 1.165) is 11.1 Å². The van der Waals surface area contributed by atoms with Crippen LogP contribution in [0.1, 0.15) is 35.7 Å². The molecule has 1 aromatic rings. The van der Waals surface area contributed by atoms with E-state index >= 15 is 0 Å². The molecule has 15 heavy (non-hydrogen) atoms. The van der Waals surface area contributed by atoms with Crippen LogP contribution in [0.3, 0.4) is 0 Å². The number of hydrogen-bond donors (Lipinski definition) is 1. The number of nitrogens with two attached hydrogens (primary N) is 1. The van der Waals surface area contributed by atoms with E-state index in [2.05, 4.69) is 11.8 Å². The minimum Gasteiger partial charge on any atom is -0.330 e. The molecule has 2 N–H and O–H groups in total. The van der Waals surface area contributed by atoms with Crippen LogP contribution in [0.15, 0.2) is 24.3 Å². The van der Waals surface area contributed by atoms with Gasteiger partial charge in [0.25, 0.3) is 0 Å². The van der Waals surface area contributed by atoms with E-state index < -0.39 is 0 Å². The maximum Gasteiger partial charge on any atom is 0.162 e. The largest absolute Gasteiger partial charge is 0.330 e. The molecule has 0 amide bonds. The number of carbonyl (C=O) groups excluding carboxylic acids is 1. The van der Waals surface area contributed by atoms with E-state index in [1.165, 1.54) is 0 Å². The molecule has 0 aliphatic heterocycles. The lowest BCUT2D eigenvalue weighted by atomic mass is 10.1. The van der Waals surface area contributed by atoms with Crippen LogP contribution >= 0.6 is 0 Å². The Morgan fingerprint density at radius 2 is 2.00 bits per heavy atom. The van der Waals surface area contributed by atoms with Crippen LogP contribution in [0, 0.1) is 11.8 Å². The fraction of sp³-hybridized carbons (Fsp3) is 0.308. The zero-order valence-electron chi connectivity index (χ0n) is 8.92. The Kier molecular flexibility index (Phi) is 4.59. The maximum absolute atomic E-state index is 11.3. The highest BCUT2D eigenvalue weighted by Gasteiger charge is 2.00. The van der Waals surface area contributed by atoms with Gasteiger partial charge in [-0.3, -0.25) is 4.79 Å². The molecule has 0 radical (unpaired) electrons. The van der Waals surface area contributed by atoms with Gasteiger partial charge in [0.1, 0.15) is 0 Å². The predicted octanol–water partition coefficient (Wildman–Crippen LogP) is 1.98. The van der Waals surface area contributed by atoms with E-state index in [0.29, 0.717) is 19.4 Å². The highest BCUT2D eigenvalue weighted by molar-refractivity contribution is 5.95. The van der Waals surface area contributed by atoms with Crippen LogP contribution < -0.4 is 5.73 Å².